The first-order valence-corrected chi connectivity index (χ1v) is 10.3. The number of morpholine rings is 1. The first-order chi connectivity index (χ1) is 11.5. The Labute approximate surface area is 143 Å². The third kappa shape index (κ3) is 2.39. The summed E-state index contributed by atoms with van der Waals surface area (Å²) in [5, 5.41) is 0. The molecule has 0 bridgehead atoms. The van der Waals surface area contributed by atoms with E-state index in [0.29, 0.717) is 17.7 Å². The van der Waals surface area contributed by atoms with Crippen LogP contribution in [0.3, 0.4) is 0 Å². The lowest BCUT2D eigenvalue weighted by Crippen LogP contribution is -2.60. The molecule has 1 heterocycles. The maximum Gasteiger partial charge on any atom is 0.327 e. The van der Waals surface area contributed by atoms with Crippen LogP contribution < -0.4 is 0 Å². The molecule has 1 aromatic carbocycles. The van der Waals surface area contributed by atoms with Crippen molar-refractivity contribution in [2.75, 3.05) is 13.2 Å². The van der Waals surface area contributed by atoms with Crippen molar-refractivity contribution in [3.63, 3.8) is 0 Å². The predicted octanol–water partition coefficient (Wildman–Crippen LogP) is 2.43. The van der Waals surface area contributed by atoms with Gasteiger partial charge < -0.3 is 4.74 Å². The third-order valence-corrected chi connectivity index (χ3v) is 7.69. The predicted molar refractivity (Wildman–Crippen MR) is 89.1 cm³/mol. The fraction of sp³-hybridized carbons (Fsp3) is 0.611. The van der Waals surface area contributed by atoms with Gasteiger partial charge in [-0.25, -0.2) is 8.42 Å². The van der Waals surface area contributed by atoms with E-state index in [1.807, 2.05) is 12.1 Å². The number of sulfonamides is 1. The highest BCUT2D eigenvalue weighted by molar-refractivity contribution is 7.89. The van der Waals surface area contributed by atoms with Crippen LogP contribution in [0.2, 0.25) is 0 Å². The summed E-state index contributed by atoms with van der Waals surface area (Å²) in [6.07, 6.45) is 7.10. The number of carbonyl (C=O) groups is 1. The molecule has 0 radical (unpaired) electrons. The third-order valence-electron chi connectivity index (χ3n) is 5.72. The Morgan fingerprint density at radius 3 is 2.46 bits per heavy atom. The van der Waals surface area contributed by atoms with Gasteiger partial charge in [0, 0.05) is 6.54 Å². The average molecular weight is 349 g/mol. The smallest absolute Gasteiger partial charge is 0.327 e. The van der Waals surface area contributed by atoms with Crippen molar-refractivity contribution in [1.29, 1.82) is 0 Å². The van der Waals surface area contributed by atoms with Gasteiger partial charge in [-0.1, -0.05) is 18.9 Å². The molecule has 2 fully saturated rings. The van der Waals surface area contributed by atoms with Gasteiger partial charge in [0.25, 0.3) is 0 Å². The number of nitrogens with zero attached hydrogens (tertiary/aromatic N) is 1. The molecular weight excluding hydrogens is 326 g/mol. The van der Waals surface area contributed by atoms with Crippen molar-refractivity contribution in [3.05, 3.63) is 29.3 Å². The lowest BCUT2D eigenvalue weighted by atomic mass is 9.92. The Bertz CT molecular complexity index is 765. The molecule has 1 aromatic rings. The molecule has 1 saturated carbocycles. The summed E-state index contributed by atoms with van der Waals surface area (Å²) >= 11 is 0. The van der Waals surface area contributed by atoms with Crippen LogP contribution in [-0.2, 0) is 32.4 Å². The van der Waals surface area contributed by atoms with Crippen LogP contribution in [0.4, 0.5) is 0 Å². The highest BCUT2D eigenvalue weighted by atomic mass is 32.2. The molecule has 24 heavy (non-hydrogen) atoms. The normalized spacial score (nSPS) is 23.9. The van der Waals surface area contributed by atoms with E-state index in [1.54, 1.807) is 6.07 Å². The number of ether oxygens (including phenoxy) is 1. The zero-order valence-electron chi connectivity index (χ0n) is 13.8. The zero-order chi connectivity index (χ0) is 16.8. The number of carbonyl (C=O) groups excluding carboxylic acids is 1. The van der Waals surface area contributed by atoms with Crippen molar-refractivity contribution >= 4 is 16.0 Å². The van der Waals surface area contributed by atoms with Crippen molar-refractivity contribution < 1.29 is 17.9 Å². The van der Waals surface area contributed by atoms with Gasteiger partial charge in [0.2, 0.25) is 10.0 Å². The highest BCUT2D eigenvalue weighted by Gasteiger charge is 2.54. The van der Waals surface area contributed by atoms with Crippen molar-refractivity contribution in [2.45, 2.75) is 61.8 Å². The molecule has 3 aliphatic rings. The van der Waals surface area contributed by atoms with Crippen LogP contribution in [0.15, 0.2) is 23.1 Å². The summed E-state index contributed by atoms with van der Waals surface area (Å²) in [7, 11) is -3.69. The molecule has 6 heteroatoms. The fourth-order valence-corrected chi connectivity index (χ4v) is 6.25. The van der Waals surface area contributed by atoms with Gasteiger partial charge in [-0.05, 0) is 61.8 Å². The first-order valence-electron chi connectivity index (χ1n) is 8.86. The lowest BCUT2D eigenvalue weighted by Gasteiger charge is -2.41. The second kappa shape index (κ2) is 5.85. The maximum atomic E-state index is 13.3. The number of hydrogen-bond acceptors (Lipinski definition) is 4. The largest absolute Gasteiger partial charge is 0.463 e. The molecule has 1 spiro atoms. The molecule has 5 nitrogen and oxygen atoms in total. The molecule has 1 aliphatic heterocycles. The van der Waals surface area contributed by atoms with Crippen LogP contribution in [0.1, 0.15) is 49.7 Å². The van der Waals surface area contributed by atoms with Gasteiger partial charge in [-0.15, -0.1) is 0 Å². The number of cyclic esters (lactones) is 1. The quantitative estimate of drug-likeness (QED) is 0.769. The fourth-order valence-electron chi connectivity index (χ4n) is 4.43. The van der Waals surface area contributed by atoms with Gasteiger partial charge in [0.15, 0.2) is 0 Å². The van der Waals surface area contributed by atoms with Crippen molar-refractivity contribution in [3.8, 4) is 0 Å². The number of hydrogen-bond donors (Lipinski definition) is 0. The molecule has 4 rings (SSSR count). The molecule has 0 amide bonds. The Hall–Kier alpha value is -1.40. The molecule has 2 aliphatic carbocycles. The molecule has 130 valence electrons. The molecular formula is C18H23NO4S. The maximum absolute atomic E-state index is 13.3. The zero-order valence-corrected chi connectivity index (χ0v) is 14.6. The second-order valence-corrected chi connectivity index (χ2v) is 8.95. The number of benzene rings is 1. The van der Waals surface area contributed by atoms with Gasteiger partial charge >= 0.3 is 5.97 Å². The minimum Gasteiger partial charge on any atom is -0.463 e. The second-order valence-electron chi connectivity index (χ2n) is 7.09. The summed E-state index contributed by atoms with van der Waals surface area (Å²) in [5.41, 5.74) is 1.42. The van der Waals surface area contributed by atoms with Crippen LogP contribution in [0.25, 0.3) is 0 Å². The van der Waals surface area contributed by atoms with Gasteiger partial charge in [-0.2, -0.15) is 4.31 Å². The highest BCUT2D eigenvalue weighted by Crippen LogP contribution is 2.41. The Morgan fingerprint density at radius 1 is 1.00 bits per heavy atom. The molecule has 1 saturated heterocycles. The van der Waals surface area contributed by atoms with Crippen molar-refractivity contribution in [2.24, 2.45) is 0 Å². The lowest BCUT2D eigenvalue weighted by molar-refractivity contribution is -0.162. The Kier molecular flexibility index (Phi) is 3.92. The van der Waals surface area contributed by atoms with E-state index >= 15 is 0 Å². The van der Waals surface area contributed by atoms with Crippen LogP contribution in [-0.4, -0.2) is 37.4 Å². The van der Waals surface area contributed by atoms with E-state index in [1.165, 1.54) is 16.3 Å². The van der Waals surface area contributed by atoms with E-state index < -0.39 is 15.6 Å². The monoisotopic (exact) mass is 349 g/mol. The average Bonchev–Trinajstić information content (AvgIpc) is 3.07. The summed E-state index contributed by atoms with van der Waals surface area (Å²) in [5.74, 6) is -0.368. The van der Waals surface area contributed by atoms with Gasteiger partial charge in [0.05, 0.1) is 4.90 Å². The van der Waals surface area contributed by atoms with E-state index in [-0.39, 0.29) is 19.1 Å². The van der Waals surface area contributed by atoms with E-state index in [4.69, 9.17) is 4.74 Å². The van der Waals surface area contributed by atoms with E-state index in [0.717, 1.165) is 37.7 Å². The van der Waals surface area contributed by atoms with Crippen LogP contribution >= 0.6 is 0 Å². The molecule has 0 atom stereocenters. The minimum atomic E-state index is -3.69. The van der Waals surface area contributed by atoms with Crippen LogP contribution in [0.5, 0.6) is 0 Å². The van der Waals surface area contributed by atoms with Crippen molar-refractivity contribution in [1.82, 2.24) is 4.31 Å². The first kappa shape index (κ1) is 16.1. The standard InChI is InChI=1S/C18H23NO4S/c20-17-18(9-3-4-10-18)19(11-12-23-17)24(21,22)16-8-7-14-5-1-2-6-15(14)13-16/h7-8,13H,1-6,9-12H2. The van der Waals surface area contributed by atoms with Crippen LogP contribution in [0, 0.1) is 0 Å². The minimum absolute atomic E-state index is 0.144. The van der Waals surface area contributed by atoms with Gasteiger partial charge in [-0.3, -0.25) is 4.79 Å². The summed E-state index contributed by atoms with van der Waals surface area (Å²) in [6.45, 7) is 0.399. The topological polar surface area (TPSA) is 63.7 Å². The Morgan fingerprint density at radius 2 is 1.71 bits per heavy atom. The summed E-state index contributed by atoms with van der Waals surface area (Å²) < 4.78 is 33.3. The number of esters is 1. The number of fused-ring (bicyclic) bond motifs is 1. The number of rotatable bonds is 2. The van der Waals surface area contributed by atoms with E-state index in [2.05, 4.69) is 0 Å². The molecule has 0 unspecified atom stereocenters. The number of aryl methyl sites for hydroxylation is 2. The Balaban J connectivity index is 1.75. The van der Waals surface area contributed by atoms with E-state index in [9.17, 15) is 13.2 Å². The molecule has 0 aromatic heterocycles. The molecule has 0 N–H and O–H groups in total. The SMILES string of the molecule is O=C1OCCN(S(=O)(=O)c2ccc3c(c2)CCCC3)C12CCCC2. The summed E-state index contributed by atoms with van der Waals surface area (Å²) in [4.78, 5) is 12.7. The summed E-state index contributed by atoms with van der Waals surface area (Å²) in [6, 6.07) is 5.49. The van der Waals surface area contributed by atoms with Gasteiger partial charge in [0.1, 0.15) is 12.1 Å².